The first-order chi connectivity index (χ1) is 10.6. The fourth-order valence-electron chi connectivity index (χ4n) is 2.29. The van der Waals surface area contributed by atoms with Crippen LogP contribution in [0.4, 0.5) is 5.82 Å². The van der Waals surface area contributed by atoms with E-state index in [2.05, 4.69) is 10.3 Å². The maximum atomic E-state index is 11.7. The Bertz CT molecular complexity index is 842. The number of nitrogens with zero attached hydrogens (tertiary/aromatic N) is 1. The molecule has 0 radical (unpaired) electrons. The molecule has 0 unspecified atom stereocenters. The normalized spacial score (nSPS) is 12.5. The molecule has 3 aromatic rings. The van der Waals surface area contributed by atoms with Crippen molar-refractivity contribution in [2.45, 2.75) is 13.0 Å². The van der Waals surface area contributed by atoms with E-state index in [1.807, 2.05) is 37.3 Å². The third-order valence-corrected chi connectivity index (χ3v) is 4.44. The van der Waals surface area contributed by atoms with Crippen LogP contribution >= 0.6 is 11.3 Å². The Hall–Kier alpha value is -2.18. The van der Waals surface area contributed by atoms with Crippen LogP contribution in [-0.4, -0.2) is 30.6 Å². The van der Waals surface area contributed by atoms with Crippen LogP contribution < -0.4 is 11.1 Å². The molecule has 22 heavy (non-hydrogen) atoms. The van der Waals surface area contributed by atoms with Gasteiger partial charge < -0.3 is 15.8 Å². The molecule has 0 spiro atoms. The van der Waals surface area contributed by atoms with E-state index in [0.29, 0.717) is 11.4 Å². The highest BCUT2D eigenvalue weighted by Crippen LogP contribution is 2.32. The molecule has 2 aromatic heterocycles. The van der Waals surface area contributed by atoms with Gasteiger partial charge in [0.05, 0.1) is 12.6 Å². The van der Waals surface area contributed by atoms with Crippen molar-refractivity contribution in [3.63, 3.8) is 0 Å². The molecule has 114 valence electrons. The largest absolute Gasteiger partial charge is 0.465 e. The summed E-state index contributed by atoms with van der Waals surface area (Å²) in [5, 5.41) is 5.25. The minimum absolute atomic E-state index is 0.0689. The van der Waals surface area contributed by atoms with E-state index in [4.69, 9.17) is 10.5 Å². The topological polar surface area (TPSA) is 77.2 Å². The molecule has 1 aromatic carbocycles. The van der Waals surface area contributed by atoms with Crippen LogP contribution in [0, 0.1) is 0 Å². The number of fused-ring (bicyclic) bond motifs is 3. The molecule has 0 bridgehead atoms. The maximum absolute atomic E-state index is 11.7. The number of benzene rings is 1. The van der Waals surface area contributed by atoms with Gasteiger partial charge in [0.1, 0.15) is 10.7 Å². The molecule has 2 heterocycles. The number of anilines is 1. The number of hydrogen-bond acceptors (Lipinski definition) is 6. The molecule has 0 saturated carbocycles. The Labute approximate surface area is 132 Å². The lowest BCUT2D eigenvalue weighted by Gasteiger charge is -2.09. The third-order valence-electron chi connectivity index (χ3n) is 3.36. The third kappa shape index (κ3) is 2.75. The molecule has 3 N–H and O–H groups in total. The second-order valence-corrected chi connectivity index (χ2v) is 6.28. The van der Waals surface area contributed by atoms with Crippen molar-refractivity contribution < 1.29 is 9.53 Å². The number of ether oxygens (including phenoxy) is 1. The Morgan fingerprint density at radius 3 is 2.91 bits per heavy atom. The number of esters is 1. The van der Waals surface area contributed by atoms with E-state index in [9.17, 15) is 4.79 Å². The second kappa shape index (κ2) is 5.90. The van der Waals surface area contributed by atoms with Gasteiger partial charge in [0.25, 0.3) is 0 Å². The SMILES string of the molecule is COC(=O)c1cc2c(ccc3nc(NC[C@@H](C)N)ccc32)s1. The first-order valence-electron chi connectivity index (χ1n) is 6.99. The lowest BCUT2D eigenvalue weighted by molar-refractivity contribution is 0.0606. The molecule has 0 fully saturated rings. The molecule has 0 aliphatic heterocycles. The number of nitrogens with two attached hydrogens (primary N) is 1. The lowest BCUT2D eigenvalue weighted by atomic mass is 10.1. The average molecular weight is 315 g/mol. The lowest BCUT2D eigenvalue weighted by Crippen LogP contribution is -2.25. The predicted octanol–water partition coefficient (Wildman–Crippen LogP) is 3.00. The molecular formula is C16H17N3O2S. The van der Waals surface area contributed by atoms with Crippen molar-refractivity contribution in [1.29, 1.82) is 0 Å². The second-order valence-electron chi connectivity index (χ2n) is 5.20. The summed E-state index contributed by atoms with van der Waals surface area (Å²) in [6.07, 6.45) is 0. The van der Waals surface area contributed by atoms with E-state index >= 15 is 0 Å². The summed E-state index contributed by atoms with van der Waals surface area (Å²) < 4.78 is 5.83. The van der Waals surface area contributed by atoms with E-state index in [1.54, 1.807) is 0 Å². The smallest absolute Gasteiger partial charge is 0.348 e. The number of aromatic nitrogens is 1. The van der Waals surface area contributed by atoms with Gasteiger partial charge in [0, 0.05) is 28.1 Å². The van der Waals surface area contributed by atoms with Crippen LogP contribution in [0.5, 0.6) is 0 Å². The van der Waals surface area contributed by atoms with Crippen molar-refractivity contribution in [1.82, 2.24) is 4.98 Å². The van der Waals surface area contributed by atoms with Gasteiger partial charge in [0.15, 0.2) is 0 Å². The Morgan fingerprint density at radius 1 is 1.36 bits per heavy atom. The highest BCUT2D eigenvalue weighted by Gasteiger charge is 2.12. The van der Waals surface area contributed by atoms with Crippen molar-refractivity contribution in [2.75, 3.05) is 19.0 Å². The van der Waals surface area contributed by atoms with Gasteiger partial charge in [-0.05, 0) is 37.3 Å². The molecule has 6 heteroatoms. The van der Waals surface area contributed by atoms with Crippen molar-refractivity contribution in [3.8, 4) is 0 Å². The summed E-state index contributed by atoms with van der Waals surface area (Å²) in [5.74, 6) is 0.491. The number of methoxy groups -OCH3 is 1. The average Bonchev–Trinajstić information content (AvgIpc) is 2.96. The molecule has 3 rings (SSSR count). The van der Waals surface area contributed by atoms with E-state index in [1.165, 1.54) is 18.4 Å². The number of nitrogens with one attached hydrogen (secondary N) is 1. The zero-order valence-corrected chi connectivity index (χ0v) is 13.2. The standard InChI is InChI=1S/C16H17N3O2S/c1-9(17)8-18-15-6-3-10-11-7-14(16(20)21-2)22-13(11)5-4-12(10)19-15/h3-7,9H,8,17H2,1-2H3,(H,18,19)/t9-/m1/s1. The Balaban J connectivity index is 2.04. The van der Waals surface area contributed by atoms with Gasteiger partial charge >= 0.3 is 5.97 Å². The molecule has 0 saturated heterocycles. The molecular weight excluding hydrogens is 298 g/mol. The number of carbonyl (C=O) groups excluding carboxylic acids is 1. The van der Waals surface area contributed by atoms with Crippen LogP contribution in [-0.2, 0) is 4.74 Å². The quantitative estimate of drug-likeness (QED) is 0.724. The van der Waals surface area contributed by atoms with Crippen LogP contribution in [0.25, 0.3) is 21.0 Å². The zero-order chi connectivity index (χ0) is 15.7. The first kappa shape index (κ1) is 14.7. The number of thiophene rings is 1. The highest BCUT2D eigenvalue weighted by atomic mass is 32.1. The van der Waals surface area contributed by atoms with Crippen LogP contribution in [0.1, 0.15) is 16.6 Å². The van der Waals surface area contributed by atoms with Gasteiger partial charge in [-0.25, -0.2) is 9.78 Å². The van der Waals surface area contributed by atoms with Crippen LogP contribution in [0.2, 0.25) is 0 Å². The summed E-state index contributed by atoms with van der Waals surface area (Å²) in [6.45, 7) is 2.61. The zero-order valence-electron chi connectivity index (χ0n) is 12.4. The van der Waals surface area contributed by atoms with Gasteiger partial charge in [-0.15, -0.1) is 11.3 Å². The van der Waals surface area contributed by atoms with E-state index in [0.717, 1.165) is 26.8 Å². The summed E-state index contributed by atoms with van der Waals surface area (Å²) in [6, 6.07) is 9.83. The maximum Gasteiger partial charge on any atom is 0.348 e. The van der Waals surface area contributed by atoms with Gasteiger partial charge in [-0.2, -0.15) is 0 Å². The summed E-state index contributed by atoms with van der Waals surface area (Å²) in [7, 11) is 1.39. The van der Waals surface area contributed by atoms with Crippen molar-refractivity contribution in [2.24, 2.45) is 5.73 Å². The summed E-state index contributed by atoms with van der Waals surface area (Å²) >= 11 is 1.43. The fourth-order valence-corrected chi connectivity index (χ4v) is 3.28. The number of hydrogen-bond donors (Lipinski definition) is 2. The van der Waals surface area contributed by atoms with Crippen molar-refractivity contribution >= 4 is 44.1 Å². The van der Waals surface area contributed by atoms with E-state index in [-0.39, 0.29) is 12.0 Å². The number of carbonyl (C=O) groups is 1. The minimum atomic E-state index is -0.308. The van der Waals surface area contributed by atoms with E-state index < -0.39 is 0 Å². The molecule has 0 aliphatic rings. The monoisotopic (exact) mass is 315 g/mol. The Morgan fingerprint density at radius 2 is 2.18 bits per heavy atom. The fraction of sp³-hybridized carbons (Fsp3) is 0.250. The van der Waals surface area contributed by atoms with Crippen LogP contribution in [0.15, 0.2) is 30.3 Å². The molecule has 5 nitrogen and oxygen atoms in total. The molecule has 0 amide bonds. The van der Waals surface area contributed by atoms with Crippen molar-refractivity contribution in [3.05, 3.63) is 35.2 Å². The number of rotatable bonds is 4. The van der Waals surface area contributed by atoms with Gasteiger partial charge in [0.2, 0.25) is 0 Å². The molecule has 0 aliphatic carbocycles. The van der Waals surface area contributed by atoms with Gasteiger partial charge in [-0.1, -0.05) is 0 Å². The Kier molecular flexibility index (Phi) is 3.96. The summed E-state index contributed by atoms with van der Waals surface area (Å²) in [4.78, 5) is 16.9. The molecule has 1 atom stereocenters. The summed E-state index contributed by atoms with van der Waals surface area (Å²) in [5.41, 5.74) is 6.62. The predicted molar refractivity (Wildman–Crippen MR) is 90.6 cm³/mol. The van der Waals surface area contributed by atoms with Gasteiger partial charge in [-0.3, -0.25) is 0 Å². The van der Waals surface area contributed by atoms with Crippen LogP contribution in [0.3, 0.4) is 0 Å². The number of pyridine rings is 1. The first-order valence-corrected chi connectivity index (χ1v) is 7.81. The highest BCUT2D eigenvalue weighted by molar-refractivity contribution is 7.20. The minimum Gasteiger partial charge on any atom is -0.465 e.